The van der Waals surface area contributed by atoms with Crippen LogP contribution in [0.3, 0.4) is 0 Å². The molecule has 6 nitrogen and oxygen atoms in total. The van der Waals surface area contributed by atoms with Gasteiger partial charge in [0.1, 0.15) is 0 Å². The van der Waals surface area contributed by atoms with Crippen molar-refractivity contribution in [1.82, 2.24) is 30.4 Å². The molecular formula is C15H22N6. The summed E-state index contributed by atoms with van der Waals surface area (Å²) in [6.07, 6.45) is 2.59. The number of hydrogen-bond donors (Lipinski definition) is 1. The second-order valence-electron chi connectivity index (χ2n) is 5.40. The van der Waals surface area contributed by atoms with Crippen molar-refractivity contribution in [2.24, 2.45) is 0 Å². The van der Waals surface area contributed by atoms with E-state index in [1.165, 1.54) is 19.4 Å². The van der Waals surface area contributed by atoms with Crippen LogP contribution in [-0.2, 0) is 6.54 Å². The fraction of sp³-hybridized carbons (Fsp3) is 0.533. The Morgan fingerprint density at radius 3 is 2.95 bits per heavy atom. The molecule has 1 atom stereocenters. The van der Waals surface area contributed by atoms with Crippen LogP contribution in [0.25, 0.3) is 5.69 Å². The van der Waals surface area contributed by atoms with E-state index in [0.29, 0.717) is 12.6 Å². The van der Waals surface area contributed by atoms with Gasteiger partial charge in [-0.05, 0) is 48.5 Å². The molecule has 1 fully saturated rings. The maximum absolute atomic E-state index is 4.12. The lowest BCUT2D eigenvalue weighted by atomic mass is 10.2. The number of nitrogens with zero attached hydrogens (tertiary/aromatic N) is 5. The van der Waals surface area contributed by atoms with E-state index < -0.39 is 0 Å². The highest BCUT2D eigenvalue weighted by Crippen LogP contribution is 2.15. The van der Waals surface area contributed by atoms with E-state index in [9.17, 15) is 0 Å². The van der Waals surface area contributed by atoms with E-state index in [4.69, 9.17) is 0 Å². The van der Waals surface area contributed by atoms with Crippen LogP contribution < -0.4 is 5.32 Å². The molecule has 1 aliphatic heterocycles. The van der Waals surface area contributed by atoms with Crippen molar-refractivity contribution in [2.45, 2.75) is 32.4 Å². The predicted octanol–water partition coefficient (Wildman–Crippen LogP) is 1.24. The Morgan fingerprint density at radius 1 is 1.29 bits per heavy atom. The lowest BCUT2D eigenvalue weighted by molar-refractivity contribution is 0.259. The highest BCUT2D eigenvalue weighted by atomic mass is 15.5. The summed E-state index contributed by atoms with van der Waals surface area (Å²) < 4.78 is 1.79. The highest BCUT2D eigenvalue weighted by molar-refractivity contribution is 5.30. The zero-order valence-electron chi connectivity index (χ0n) is 12.4. The Hall–Kier alpha value is -1.79. The van der Waals surface area contributed by atoms with Crippen molar-refractivity contribution < 1.29 is 0 Å². The molecule has 1 aliphatic rings. The van der Waals surface area contributed by atoms with Crippen molar-refractivity contribution in [3.8, 4) is 5.69 Å². The fourth-order valence-electron chi connectivity index (χ4n) is 2.98. The highest BCUT2D eigenvalue weighted by Gasteiger charge is 2.22. The van der Waals surface area contributed by atoms with Crippen LogP contribution in [0.1, 0.15) is 25.6 Å². The van der Waals surface area contributed by atoms with E-state index in [0.717, 1.165) is 24.6 Å². The van der Waals surface area contributed by atoms with Crippen LogP contribution >= 0.6 is 0 Å². The number of likely N-dealkylation sites (N-methyl/N-ethyl adjacent to an activating group) is 1. The van der Waals surface area contributed by atoms with Crippen LogP contribution in [0.2, 0.25) is 0 Å². The van der Waals surface area contributed by atoms with Crippen molar-refractivity contribution in [1.29, 1.82) is 0 Å². The van der Waals surface area contributed by atoms with E-state index in [-0.39, 0.29) is 0 Å². The van der Waals surface area contributed by atoms with Gasteiger partial charge in [-0.15, -0.1) is 5.10 Å². The number of likely N-dealkylation sites (tertiary alicyclic amines) is 1. The number of aromatic nitrogens is 4. The summed E-state index contributed by atoms with van der Waals surface area (Å²) in [6.45, 7) is 6.28. The third kappa shape index (κ3) is 3.28. The van der Waals surface area contributed by atoms with E-state index in [1.807, 2.05) is 30.3 Å². The number of nitrogens with one attached hydrogen (secondary N) is 1. The minimum atomic E-state index is 0.649. The summed E-state index contributed by atoms with van der Waals surface area (Å²) in [4.78, 5) is 2.53. The minimum absolute atomic E-state index is 0.649. The van der Waals surface area contributed by atoms with Gasteiger partial charge < -0.3 is 5.32 Å². The third-order valence-corrected chi connectivity index (χ3v) is 4.10. The number of tetrazole rings is 1. The van der Waals surface area contributed by atoms with Crippen molar-refractivity contribution in [3.63, 3.8) is 0 Å². The van der Waals surface area contributed by atoms with Gasteiger partial charge in [0.25, 0.3) is 0 Å². The summed E-state index contributed by atoms with van der Waals surface area (Å²) in [5.41, 5.74) is 0.996. The largest absolute Gasteiger partial charge is 0.308 e. The Balaban J connectivity index is 1.58. The van der Waals surface area contributed by atoms with E-state index >= 15 is 0 Å². The quantitative estimate of drug-likeness (QED) is 0.865. The van der Waals surface area contributed by atoms with Gasteiger partial charge in [0, 0.05) is 12.6 Å². The van der Waals surface area contributed by atoms with Crippen LogP contribution in [0, 0.1) is 0 Å². The second kappa shape index (κ2) is 6.78. The molecule has 0 saturated carbocycles. The topological polar surface area (TPSA) is 58.9 Å². The number of hydrogen-bond acceptors (Lipinski definition) is 5. The molecule has 0 radical (unpaired) electrons. The Bertz CT molecular complexity index is 552. The van der Waals surface area contributed by atoms with Crippen LogP contribution in [-0.4, -0.2) is 50.8 Å². The second-order valence-corrected chi connectivity index (χ2v) is 5.40. The predicted molar refractivity (Wildman–Crippen MR) is 81.1 cm³/mol. The van der Waals surface area contributed by atoms with Crippen molar-refractivity contribution in [3.05, 3.63) is 36.2 Å². The molecule has 3 rings (SSSR count). The lowest BCUT2D eigenvalue weighted by Gasteiger charge is -2.22. The molecule has 0 aliphatic carbocycles. The normalized spacial score (nSPS) is 19.2. The van der Waals surface area contributed by atoms with E-state index in [1.54, 1.807) is 4.68 Å². The Labute approximate surface area is 125 Å². The van der Waals surface area contributed by atoms with Gasteiger partial charge in [-0.25, -0.2) is 0 Å². The fourth-order valence-corrected chi connectivity index (χ4v) is 2.98. The monoisotopic (exact) mass is 286 g/mol. The maximum atomic E-state index is 4.12. The third-order valence-electron chi connectivity index (χ3n) is 4.10. The van der Waals surface area contributed by atoms with Gasteiger partial charge >= 0.3 is 0 Å². The van der Waals surface area contributed by atoms with Gasteiger partial charge in [-0.3, -0.25) is 4.90 Å². The SMILES string of the molecule is CCN1CCCC1CNCc1nnnn1-c1ccccc1. The maximum Gasteiger partial charge on any atom is 0.170 e. The first kappa shape index (κ1) is 14.2. The molecule has 1 saturated heterocycles. The molecule has 1 aromatic carbocycles. The van der Waals surface area contributed by atoms with Gasteiger partial charge in [0.15, 0.2) is 5.82 Å². The first-order valence-corrected chi connectivity index (χ1v) is 7.66. The summed E-state index contributed by atoms with van der Waals surface area (Å²) in [5, 5.41) is 15.5. The van der Waals surface area contributed by atoms with Gasteiger partial charge in [-0.1, -0.05) is 25.1 Å². The summed E-state index contributed by atoms with van der Waals surface area (Å²) in [6, 6.07) is 10.6. The molecule has 2 heterocycles. The molecule has 2 aromatic rings. The Kier molecular flexibility index (Phi) is 4.57. The average molecular weight is 286 g/mol. The van der Waals surface area contributed by atoms with Gasteiger partial charge in [-0.2, -0.15) is 4.68 Å². The molecule has 6 heteroatoms. The summed E-state index contributed by atoms with van der Waals surface area (Å²) >= 11 is 0. The van der Waals surface area contributed by atoms with Crippen LogP contribution in [0.5, 0.6) is 0 Å². The number of para-hydroxylation sites is 1. The van der Waals surface area contributed by atoms with Crippen molar-refractivity contribution >= 4 is 0 Å². The van der Waals surface area contributed by atoms with Gasteiger partial charge in [0.2, 0.25) is 0 Å². The molecule has 21 heavy (non-hydrogen) atoms. The molecule has 112 valence electrons. The van der Waals surface area contributed by atoms with Crippen LogP contribution in [0.4, 0.5) is 0 Å². The standard InChI is InChI=1S/C15H22N6/c1-2-20-10-6-9-14(20)11-16-12-15-17-18-19-21(15)13-7-4-3-5-8-13/h3-5,7-8,14,16H,2,6,9-12H2,1H3. The lowest BCUT2D eigenvalue weighted by Crippen LogP contribution is -2.37. The molecular weight excluding hydrogens is 264 g/mol. The van der Waals surface area contributed by atoms with Crippen molar-refractivity contribution in [2.75, 3.05) is 19.6 Å². The molecule has 0 amide bonds. The number of rotatable bonds is 6. The zero-order chi connectivity index (χ0) is 14.5. The molecule has 1 aromatic heterocycles. The molecule has 0 spiro atoms. The van der Waals surface area contributed by atoms with Gasteiger partial charge in [0.05, 0.1) is 12.2 Å². The summed E-state index contributed by atoms with van der Waals surface area (Å²) in [5.74, 6) is 0.849. The van der Waals surface area contributed by atoms with Crippen LogP contribution in [0.15, 0.2) is 30.3 Å². The zero-order valence-corrected chi connectivity index (χ0v) is 12.4. The summed E-state index contributed by atoms with van der Waals surface area (Å²) in [7, 11) is 0. The molecule has 1 unspecified atom stereocenters. The minimum Gasteiger partial charge on any atom is -0.308 e. The smallest absolute Gasteiger partial charge is 0.170 e. The first-order chi connectivity index (χ1) is 10.4. The molecule has 0 bridgehead atoms. The average Bonchev–Trinajstić information content (AvgIpc) is 3.17. The molecule has 1 N–H and O–H groups in total. The first-order valence-electron chi connectivity index (χ1n) is 7.66. The number of benzene rings is 1. The Morgan fingerprint density at radius 2 is 2.14 bits per heavy atom. The van der Waals surface area contributed by atoms with E-state index in [2.05, 4.69) is 32.7 Å².